The van der Waals surface area contributed by atoms with Gasteiger partial charge < -0.3 is 10.2 Å². The minimum Gasteiger partial charge on any atom is -0.465 e. The number of anilines is 1. The van der Waals surface area contributed by atoms with Gasteiger partial charge in [-0.15, -0.1) is 0 Å². The smallest absolute Gasteiger partial charge is 0.411 e. The van der Waals surface area contributed by atoms with E-state index in [2.05, 4.69) is 0 Å². The first-order chi connectivity index (χ1) is 9.52. The van der Waals surface area contributed by atoms with Crippen LogP contribution >= 0.6 is 0 Å². The predicted molar refractivity (Wildman–Crippen MR) is 74.6 cm³/mol. The summed E-state index contributed by atoms with van der Waals surface area (Å²) in [5, 5.41) is 18.3. The normalized spacial score (nSPS) is 22.6. The SMILES string of the molecule is CN(C(=O)O)c1ccc(F)cc1C1CCC(CO)CC1. The summed E-state index contributed by atoms with van der Waals surface area (Å²) >= 11 is 0. The van der Waals surface area contributed by atoms with Crippen molar-refractivity contribution in [1.82, 2.24) is 0 Å². The Morgan fingerprint density at radius 2 is 2.00 bits per heavy atom. The number of rotatable bonds is 3. The largest absolute Gasteiger partial charge is 0.465 e. The molecule has 0 spiro atoms. The highest BCUT2D eigenvalue weighted by molar-refractivity contribution is 5.86. The topological polar surface area (TPSA) is 60.8 Å². The fraction of sp³-hybridized carbons (Fsp3) is 0.533. The quantitative estimate of drug-likeness (QED) is 0.894. The van der Waals surface area contributed by atoms with Gasteiger partial charge in [0.1, 0.15) is 5.82 Å². The lowest BCUT2D eigenvalue weighted by molar-refractivity contribution is 0.182. The molecule has 1 fully saturated rings. The predicted octanol–water partition coefficient (Wildman–Crippen LogP) is 3.21. The molecule has 110 valence electrons. The number of hydrogen-bond donors (Lipinski definition) is 2. The van der Waals surface area contributed by atoms with Gasteiger partial charge in [-0.1, -0.05) is 0 Å². The lowest BCUT2D eigenvalue weighted by Crippen LogP contribution is -2.26. The van der Waals surface area contributed by atoms with E-state index < -0.39 is 6.09 Å². The van der Waals surface area contributed by atoms with Gasteiger partial charge in [0.2, 0.25) is 0 Å². The molecule has 2 N–H and O–H groups in total. The van der Waals surface area contributed by atoms with E-state index in [1.807, 2.05) is 0 Å². The number of amides is 1. The van der Waals surface area contributed by atoms with Crippen LogP contribution in [0.5, 0.6) is 0 Å². The second-order valence-electron chi connectivity index (χ2n) is 5.44. The van der Waals surface area contributed by atoms with Crippen molar-refractivity contribution in [2.75, 3.05) is 18.6 Å². The zero-order valence-corrected chi connectivity index (χ0v) is 11.6. The van der Waals surface area contributed by atoms with Crippen molar-refractivity contribution in [1.29, 1.82) is 0 Å². The lowest BCUT2D eigenvalue weighted by Gasteiger charge is -2.30. The van der Waals surface area contributed by atoms with Crippen LogP contribution in [0.15, 0.2) is 18.2 Å². The minimum atomic E-state index is -1.05. The van der Waals surface area contributed by atoms with Gasteiger partial charge in [-0.3, -0.25) is 4.90 Å². The Kier molecular flexibility index (Phi) is 4.60. The molecule has 1 amide bonds. The first-order valence-electron chi connectivity index (χ1n) is 6.90. The molecule has 1 aliphatic rings. The molecule has 0 aliphatic heterocycles. The average molecular weight is 281 g/mol. The Morgan fingerprint density at radius 1 is 1.35 bits per heavy atom. The molecule has 0 aromatic heterocycles. The van der Waals surface area contributed by atoms with Gasteiger partial charge in [-0.05, 0) is 61.3 Å². The molecule has 0 saturated heterocycles. The molecule has 20 heavy (non-hydrogen) atoms. The monoisotopic (exact) mass is 281 g/mol. The molecule has 4 nitrogen and oxygen atoms in total. The molecule has 0 bridgehead atoms. The fourth-order valence-corrected chi connectivity index (χ4v) is 2.92. The van der Waals surface area contributed by atoms with Gasteiger partial charge in [0, 0.05) is 13.7 Å². The van der Waals surface area contributed by atoms with Gasteiger partial charge in [0.05, 0.1) is 5.69 Å². The summed E-state index contributed by atoms with van der Waals surface area (Å²) in [4.78, 5) is 12.2. The van der Waals surface area contributed by atoms with E-state index in [-0.39, 0.29) is 18.3 Å². The first-order valence-corrected chi connectivity index (χ1v) is 6.90. The van der Waals surface area contributed by atoms with Crippen LogP contribution in [0.2, 0.25) is 0 Å². The van der Waals surface area contributed by atoms with Crippen molar-refractivity contribution in [3.8, 4) is 0 Å². The number of carboxylic acid groups (broad SMARTS) is 1. The maximum absolute atomic E-state index is 13.5. The Labute approximate surface area is 117 Å². The van der Waals surface area contributed by atoms with Crippen LogP contribution < -0.4 is 4.90 Å². The van der Waals surface area contributed by atoms with Crippen LogP contribution in [0.4, 0.5) is 14.9 Å². The first kappa shape index (κ1) is 14.8. The number of carbonyl (C=O) groups is 1. The maximum Gasteiger partial charge on any atom is 0.411 e. The Hall–Kier alpha value is -1.62. The van der Waals surface area contributed by atoms with Crippen LogP contribution in [0, 0.1) is 11.7 Å². The summed E-state index contributed by atoms with van der Waals surface area (Å²) in [7, 11) is 1.47. The van der Waals surface area contributed by atoms with E-state index >= 15 is 0 Å². The van der Waals surface area contributed by atoms with Crippen molar-refractivity contribution in [3.05, 3.63) is 29.6 Å². The van der Waals surface area contributed by atoms with Gasteiger partial charge in [0.25, 0.3) is 0 Å². The molecule has 1 aromatic carbocycles. The number of halogens is 1. The average Bonchev–Trinajstić information content (AvgIpc) is 2.46. The number of aliphatic hydroxyl groups is 1. The molecular formula is C15H20FNO3. The summed E-state index contributed by atoms with van der Waals surface area (Å²) in [6.45, 7) is 0.192. The molecule has 5 heteroatoms. The van der Waals surface area contributed by atoms with Crippen molar-refractivity contribution >= 4 is 11.8 Å². The standard InChI is InChI=1S/C15H20FNO3/c1-17(15(19)20)14-7-6-12(16)8-13(14)11-4-2-10(9-18)3-5-11/h6-8,10-11,18H,2-5,9H2,1H3,(H,19,20). The van der Waals surface area contributed by atoms with E-state index in [0.29, 0.717) is 11.6 Å². The van der Waals surface area contributed by atoms with Gasteiger partial charge in [0.15, 0.2) is 0 Å². The summed E-state index contributed by atoms with van der Waals surface area (Å²) in [5.41, 5.74) is 1.30. The molecule has 1 aromatic rings. The minimum absolute atomic E-state index is 0.158. The Morgan fingerprint density at radius 3 is 2.55 bits per heavy atom. The third-order valence-electron chi connectivity index (χ3n) is 4.18. The van der Waals surface area contributed by atoms with Gasteiger partial charge in [-0.2, -0.15) is 0 Å². The number of aliphatic hydroxyl groups excluding tert-OH is 1. The van der Waals surface area contributed by atoms with Crippen LogP contribution in [0.25, 0.3) is 0 Å². The van der Waals surface area contributed by atoms with Crippen molar-refractivity contribution < 1.29 is 19.4 Å². The number of benzene rings is 1. The Balaban J connectivity index is 2.26. The second-order valence-corrected chi connectivity index (χ2v) is 5.44. The third-order valence-corrected chi connectivity index (χ3v) is 4.18. The molecule has 0 radical (unpaired) electrons. The van der Waals surface area contributed by atoms with E-state index in [1.54, 1.807) is 0 Å². The number of hydrogen-bond acceptors (Lipinski definition) is 2. The van der Waals surface area contributed by atoms with Gasteiger partial charge >= 0.3 is 6.09 Å². The molecule has 2 rings (SSSR count). The zero-order chi connectivity index (χ0) is 14.7. The van der Waals surface area contributed by atoms with Crippen LogP contribution in [0.3, 0.4) is 0 Å². The summed E-state index contributed by atoms with van der Waals surface area (Å²) in [5.74, 6) is 0.137. The fourth-order valence-electron chi connectivity index (χ4n) is 2.92. The van der Waals surface area contributed by atoms with E-state index in [9.17, 15) is 9.18 Å². The van der Waals surface area contributed by atoms with Crippen molar-refractivity contribution in [2.45, 2.75) is 31.6 Å². The molecule has 1 aliphatic carbocycles. The van der Waals surface area contributed by atoms with Crippen molar-refractivity contribution in [3.63, 3.8) is 0 Å². The van der Waals surface area contributed by atoms with E-state index in [1.165, 1.54) is 25.2 Å². The summed E-state index contributed by atoms with van der Waals surface area (Å²) in [6, 6.07) is 4.26. The van der Waals surface area contributed by atoms with Crippen LogP contribution in [0.1, 0.15) is 37.2 Å². The van der Waals surface area contributed by atoms with E-state index in [0.717, 1.165) is 36.1 Å². The van der Waals surface area contributed by atoms with Crippen molar-refractivity contribution in [2.24, 2.45) is 5.92 Å². The summed E-state index contributed by atoms with van der Waals surface area (Å²) < 4.78 is 13.5. The highest BCUT2D eigenvalue weighted by Crippen LogP contribution is 2.39. The lowest BCUT2D eigenvalue weighted by atomic mass is 9.78. The zero-order valence-electron chi connectivity index (χ0n) is 11.6. The third kappa shape index (κ3) is 3.10. The maximum atomic E-state index is 13.5. The van der Waals surface area contributed by atoms with Crippen LogP contribution in [-0.4, -0.2) is 30.0 Å². The highest BCUT2D eigenvalue weighted by atomic mass is 19.1. The molecule has 0 heterocycles. The molecule has 1 saturated carbocycles. The van der Waals surface area contributed by atoms with Gasteiger partial charge in [-0.25, -0.2) is 9.18 Å². The summed E-state index contributed by atoms with van der Waals surface area (Å²) in [6.07, 6.45) is 2.45. The number of nitrogens with zero attached hydrogens (tertiary/aromatic N) is 1. The molecular weight excluding hydrogens is 261 g/mol. The van der Waals surface area contributed by atoms with E-state index in [4.69, 9.17) is 10.2 Å². The van der Waals surface area contributed by atoms with Crippen LogP contribution in [-0.2, 0) is 0 Å². The molecule has 0 atom stereocenters. The second kappa shape index (κ2) is 6.22. The molecule has 0 unspecified atom stereocenters. The highest BCUT2D eigenvalue weighted by Gasteiger charge is 2.26. The Bertz CT molecular complexity index is 484.